The Bertz CT molecular complexity index is 1160. The van der Waals surface area contributed by atoms with E-state index in [4.69, 9.17) is 9.84 Å². The Morgan fingerprint density at radius 1 is 1.09 bits per heavy atom. The number of nitrogens with one attached hydrogen (secondary N) is 2. The minimum atomic E-state index is -1.05. The molecule has 1 aromatic heterocycles. The first-order chi connectivity index (χ1) is 16.4. The number of benzene rings is 2. The van der Waals surface area contributed by atoms with Crippen LogP contribution in [0.25, 0.3) is 11.1 Å². The van der Waals surface area contributed by atoms with E-state index in [1.807, 2.05) is 55.5 Å². The van der Waals surface area contributed by atoms with Crippen LogP contribution in [0.4, 0.5) is 4.79 Å². The predicted octanol–water partition coefficient (Wildman–Crippen LogP) is 3.84. The van der Waals surface area contributed by atoms with Gasteiger partial charge in [-0.3, -0.25) is 9.59 Å². The zero-order valence-electron chi connectivity index (χ0n) is 18.6. The van der Waals surface area contributed by atoms with Gasteiger partial charge in [-0.25, -0.2) is 9.78 Å². The van der Waals surface area contributed by atoms with E-state index in [0.29, 0.717) is 0 Å². The summed E-state index contributed by atoms with van der Waals surface area (Å²) in [4.78, 5) is 41.4. The Kier molecular flexibility index (Phi) is 7.22. The first-order valence-electron chi connectivity index (χ1n) is 10.9. The van der Waals surface area contributed by atoms with Gasteiger partial charge in [-0.1, -0.05) is 48.5 Å². The number of aliphatic carboxylic acids is 1. The average molecular weight is 480 g/mol. The van der Waals surface area contributed by atoms with Crippen LogP contribution >= 0.6 is 11.3 Å². The van der Waals surface area contributed by atoms with Gasteiger partial charge in [0.05, 0.1) is 17.7 Å². The summed E-state index contributed by atoms with van der Waals surface area (Å²) in [5.41, 5.74) is 6.90. The van der Waals surface area contributed by atoms with Gasteiger partial charge in [0, 0.05) is 17.2 Å². The van der Waals surface area contributed by atoms with Crippen LogP contribution in [-0.4, -0.2) is 40.7 Å². The highest BCUT2D eigenvalue weighted by molar-refractivity contribution is 7.09. The van der Waals surface area contributed by atoms with E-state index in [9.17, 15) is 14.4 Å². The van der Waals surface area contributed by atoms with Crippen molar-refractivity contribution in [3.8, 4) is 11.1 Å². The minimum Gasteiger partial charge on any atom is -0.481 e. The number of amides is 2. The summed E-state index contributed by atoms with van der Waals surface area (Å²) < 4.78 is 5.51. The first kappa shape index (κ1) is 23.4. The van der Waals surface area contributed by atoms with Crippen molar-refractivity contribution >= 4 is 29.3 Å². The lowest BCUT2D eigenvalue weighted by molar-refractivity contribution is -0.137. The van der Waals surface area contributed by atoms with Crippen LogP contribution in [0.2, 0.25) is 0 Å². The van der Waals surface area contributed by atoms with Crippen molar-refractivity contribution in [2.45, 2.75) is 38.3 Å². The fourth-order valence-corrected chi connectivity index (χ4v) is 4.82. The number of hydrogen-bond donors (Lipinski definition) is 3. The van der Waals surface area contributed by atoms with E-state index in [1.165, 1.54) is 11.3 Å². The van der Waals surface area contributed by atoms with Gasteiger partial charge in [-0.2, -0.15) is 0 Å². The summed E-state index contributed by atoms with van der Waals surface area (Å²) in [6, 6.07) is 15.0. The number of carboxylic acid groups (broad SMARTS) is 1. The molecule has 0 aliphatic heterocycles. The molecular weight excluding hydrogens is 454 g/mol. The average Bonchev–Trinajstić information content (AvgIpc) is 3.39. The number of carbonyl (C=O) groups excluding carboxylic acids is 2. The van der Waals surface area contributed by atoms with E-state index in [-0.39, 0.29) is 31.9 Å². The number of ether oxygens (including phenoxy) is 1. The van der Waals surface area contributed by atoms with Crippen LogP contribution < -0.4 is 10.6 Å². The van der Waals surface area contributed by atoms with Crippen LogP contribution in [0.15, 0.2) is 54.0 Å². The smallest absolute Gasteiger partial charge is 0.407 e. The molecule has 0 bridgehead atoms. The van der Waals surface area contributed by atoms with Crippen molar-refractivity contribution in [2.24, 2.45) is 0 Å². The zero-order chi connectivity index (χ0) is 24.1. The molecule has 0 radical (unpaired) electrons. The molecule has 1 aliphatic carbocycles. The van der Waals surface area contributed by atoms with Gasteiger partial charge in [0.25, 0.3) is 0 Å². The molecule has 1 atom stereocenters. The second kappa shape index (κ2) is 10.5. The Labute approximate surface area is 201 Å². The van der Waals surface area contributed by atoms with Crippen molar-refractivity contribution in [1.29, 1.82) is 0 Å². The lowest BCUT2D eigenvalue weighted by Gasteiger charge is -2.19. The fraction of sp³-hybridized carbons (Fsp3) is 0.280. The van der Waals surface area contributed by atoms with Crippen LogP contribution in [0.1, 0.15) is 40.5 Å². The number of carbonyl (C=O) groups is 3. The van der Waals surface area contributed by atoms with Gasteiger partial charge in [0.1, 0.15) is 12.6 Å². The molecule has 8 nitrogen and oxygen atoms in total. The highest BCUT2D eigenvalue weighted by Gasteiger charge is 2.30. The highest BCUT2D eigenvalue weighted by atomic mass is 32.1. The lowest BCUT2D eigenvalue weighted by Crippen LogP contribution is -2.47. The molecule has 4 rings (SSSR count). The molecule has 1 heterocycles. The number of rotatable bonds is 9. The van der Waals surface area contributed by atoms with Crippen molar-refractivity contribution < 1.29 is 24.2 Å². The van der Waals surface area contributed by atoms with Crippen molar-refractivity contribution in [3.63, 3.8) is 0 Å². The van der Waals surface area contributed by atoms with E-state index >= 15 is 0 Å². The molecule has 34 heavy (non-hydrogen) atoms. The van der Waals surface area contributed by atoms with Crippen LogP contribution in [-0.2, 0) is 20.9 Å². The molecule has 1 unspecified atom stereocenters. The molecule has 3 aromatic rings. The van der Waals surface area contributed by atoms with E-state index in [1.54, 1.807) is 5.51 Å². The third-order valence-corrected chi connectivity index (χ3v) is 6.80. The number of thiazole rings is 1. The molecule has 2 amide bonds. The van der Waals surface area contributed by atoms with E-state index < -0.39 is 24.0 Å². The normalized spacial score (nSPS) is 13.0. The van der Waals surface area contributed by atoms with Crippen LogP contribution in [0.5, 0.6) is 0 Å². The third-order valence-electron chi connectivity index (χ3n) is 5.87. The van der Waals surface area contributed by atoms with Crippen molar-refractivity contribution in [2.75, 3.05) is 6.61 Å². The second-order valence-electron chi connectivity index (χ2n) is 8.03. The summed E-state index contributed by atoms with van der Waals surface area (Å²) in [6.07, 6.45) is -1.07. The summed E-state index contributed by atoms with van der Waals surface area (Å²) in [5, 5.41) is 14.3. The second-order valence-corrected chi connectivity index (χ2v) is 8.97. The molecule has 0 saturated heterocycles. The summed E-state index contributed by atoms with van der Waals surface area (Å²) in [5.74, 6) is -1.63. The topological polar surface area (TPSA) is 118 Å². The fourth-order valence-electron chi connectivity index (χ4n) is 4.11. The van der Waals surface area contributed by atoms with Crippen LogP contribution in [0, 0.1) is 6.92 Å². The quantitative estimate of drug-likeness (QED) is 0.429. The number of hydrogen-bond acceptors (Lipinski definition) is 6. The minimum absolute atomic E-state index is 0.0486. The Balaban J connectivity index is 1.39. The third kappa shape index (κ3) is 5.26. The van der Waals surface area contributed by atoms with E-state index in [2.05, 4.69) is 15.6 Å². The number of carboxylic acids is 1. The molecule has 0 spiro atoms. The highest BCUT2D eigenvalue weighted by Crippen LogP contribution is 2.44. The van der Waals surface area contributed by atoms with Gasteiger partial charge >= 0.3 is 12.1 Å². The van der Waals surface area contributed by atoms with Gasteiger partial charge in [0.15, 0.2) is 0 Å². The summed E-state index contributed by atoms with van der Waals surface area (Å²) in [6.45, 7) is 2.20. The van der Waals surface area contributed by atoms with Gasteiger partial charge in [-0.05, 0) is 35.6 Å². The van der Waals surface area contributed by atoms with Gasteiger partial charge in [-0.15, -0.1) is 11.3 Å². The maximum absolute atomic E-state index is 12.7. The monoisotopic (exact) mass is 479 g/mol. The number of aryl methyl sites for hydroxylation is 1. The SMILES string of the molecule is Cc1ncsc1CNC(=O)C(CCC(=O)O)NC(=O)OCC1c2ccccc2-c2ccccc21. The van der Waals surface area contributed by atoms with Gasteiger partial charge in [0.2, 0.25) is 5.91 Å². The van der Waals surface area contributed by atoms with Crippen molar-refractivity contribution in [3.05, 3.63) is 75.7 Å². The lowest BCUT2D eigenvalue weighted by atomic mass is 9.98. The molecular formula is C25H25N3O5S. The Morgan fingerprint density at radius 3 is 2.32 bits per heavy atom. The Morgan fingerprint density at radius 2 is 1.74 bits per heavy atom. The van der Waals surface area contributed by atoms with E-state index in [0.717, 1.165) is 32.8 Å². The molecule has 176 valence electrons. The molecule has 9 heteroatoms. The number of aromatic nitrogens is 1. The predicted molar refractivity (Wildman–Crippen MR) is 128 cm³/mol. The maximum atomic E-state index is 12.7. The van der Waals surface area contributed by atoms with Gasteiger partial charge < -0.3 is 20.5 Å². The molecule has 0 saturated carbocycles. The zero-order valence-corrected chi connectivity index (χ0v) is 19.4. The standard InChI is InChI=1S/C25H25N3O5S/c1-15-22(34-14-27-15)12-26-24(31)21(10-11-23(29)30)28-25(32)33-13-20-18-8-4-2-6-16(18)17-7-3-5-9-19(17)20/h2-9,14,20-21H,10-13H2,1H3,(H,26,31)(H,28,32)(H,29,30). The largest absolute Gasteiger partial charge is 0.481 e. The maximum Gasteiger partial charge on any atom is 0.407 e. The molecule has 1 aliphatic rings. The molecule has 0 fully saturated rings. The number of fused-ring (bicyclic) bond motifs is 3. The summed E-state index contributed by atoms with van der Waals surface area (Å²) in [7, 11) is 0. The number of nitrogens with zero attached hydrogens (tertiary/aromatic N) is 1. The first-order valence-corrected chi connectivity index (χ1v) is 11.8. The van der Waals surface area contributed by atoms with Crippen molar-refractivity contribution in [1.82, 2.24) is 15.6 Å². The summed E-state index contributed by atoms with van der Waals surface area (Å²) >= 11 is 1.41. The molecule has 2 aromatic carbocycles. The van der Waals surface area contributed by atoms with Crippen LogP contribution in [0.3, 0.4) is 0 Å². The number of alkyl carbamates (subject to hydrolysis) is 1. The Hall–Kier alpha value is -3.72. The molecule has 3 N–H and O–H groups in total.